The second-order valence-corrected chi connectivity index (χ2v) is 5.19. The third-order valence-corrected chi connectivity index (χ3v) is 3.73. The lowest BCUT2D eigenvalue weighted by Gasteiger charge is -2.26. The highest BCUT2D eigenvalue weighted by Gasteiger charge is 2.21. The van der Waals surface area contributed by atoms with Crippen LogP contribution in [-0.4, -0.2) is 29.2 Å². The summed E-state index contributed by atoms with van der Waals surface area (Å²) in [4.78, 5) is 8.67. The average Bonchev–Trinajstić information content (AvgIpc) is 2.49. The summed E-state index contributed by atoms with van der Waals surface area (Å²) in [6, 6.07) is 8.46. The van der Waals surface area contributed by atoms with Crippen molar-refractivity contribution >= 4 is 10.9 Å². The van der Waals surface area contributed by atoms with Crippen LogP contribution in [0, 0.1) is 0 Å². The number of fused-ring (bicyclic) bond motifs is 1. The van der Waals surface area contributed by atoms with Gasteiger partial charge in [-0.1, -0.05) is 12.1 Å². The Balaban J connectivity index is 1.89. The summed E-state index contributed by atoms with van der Waals surface area (Å²) in [5.41, 5.74) is 6.76. The summed E-state index contributed by atoms with van der Waals surface area (Å²) in [5, 5.41) is 0.920. The minimum absolute atomic E-state index is 0.179. The quantitative estimate of drug-likeness (QED) is 0.929. The minimum Gasteiger partial charge on any atom is -0.474 e. The van der Waals surface area contributed by atoms with Crippen LogP contribution in [0.15, 0.2) is 24.3 Å². The molecule has 5 nitrogen and oxygen atoms in total. The SMILES string of the molecule is COc1nc(OC2CCC(N)CC2)c2ccccc2n1. The van der Waals surface area contributed by atoms with Crippen LogP contribution in [0.1, 0.15) is 25.7 Å². The molecule has 0 aliphatic heterocycles. The Labute approximate surface area is 118 Å². The van der Waals surface area contributed by atoms with Crippen LogP contribution in [0.2, 0.25) is 0 Å². The minimum atomic E-state index is 0.179. The van der Waals surface area contributed by atoms with Gasteiger partial charge in [0, 0.05) is 6.04 Å². The van der Waals surface area contributed by atoms with Crippen molar-refractivity contribution in [2.45, 2.75) is 37.8 Å². The van der Waals surface area contributed by atoms with Crippen molar-refractivity contribution in [2.75, 3.05) is 7.11 Å². The number of hydrogen-bond donors (Lipinski definition) is 1. The molecule has 20 heavy (non-hydrogen) atoms. The van der Waals surface area contributed by atoms with E-state index in [1.54, 1.807) is 7.11 Å². The Bertz CT molecular complexity index is 595. The van der Waals surface area contributed by atoms with Crippen molar-refractivity contribution in [1.82, 2.24) is 9.97 Å². The number of hydrogen-bond acceptors (Lipinski definition) is 5. The van der Waals surface area contributed by atoms with Gasteiger partial charge in [0.1, 0.15) is 6.10 Å². The molecule has 1 aromatic heterocycles. The third kappa shape index (κ3) is 2.67. The second kappa shape index (κ2) is 5.63. The predicted octanol–water partition coefficient (Wildman–Crippen LogP) is 2.29. The molecule has 1 saturated carbocycles. The summed E-state index contributed by atoms with van der Waals surface area (Å²) in [6.45, 7) is 0. The molecule has 1 aromatic carbocycles. The van der Waals surface area contributed by atoms with Crippen molar-refractivity contribution in [3.63, 3.8) is 0 Å². The molecule has 0 saturated heterocycles. The van der Waals surface area contributed by atoms with Crippen LogP contribution in [0.3, 0.4) is 0 Å². The Morgan fingerprint density at radius 1 is 1.10 bits per heavy atom. The van der Waals surface area contributed by atoms with E-state index in [2.05, 4.69) is 9.97 Å². The summed E-state index contributed by atoms with van der Waals surface area (Å²) >= 11 is 0. The normalized spacial score (nSPS) is 22.7. The number of para-hydroxylation sites is 1. The first-order valence-electron chi connectivity index (χ1n) is 6.99. The van der Waals surface area contributed by atoms with Crippen LogP contribution in [0.4, 0.5) is 0 Å². The van der Waals surface area contributed by atoms with Gasteiger partial charge in [-0.25, -0.2) is 0 Å². The van der Waals surface area contributed by atoms with Crippen LogP contribution in [0.5, 0.6) is 11.9 Å². The summed E-state index contributed by atoms with van der Waals surface area (Å²) in [5.74, 6) is 0.605. The van der Waals surface area contributed by atoms with Gasteiger partial charge in [0.05, 0.1) is 18.0 Å². The molecular formula is C15H19N3O2. The Hall–Kier alpha value is -1.88. The van der Waals surface area contributed by atoms with Crippen LogP contribution < -0.4 is 15.2 Å². The molecule has 0 bridgehead atoms. The largest absolute Gasteiger partial charge is 0.474 e. The van der Waals surface area contributed by atoms with E-state index in [-0.39, 0.29) is 6.10 Å². The van der Waals surface area contributed by atoms with Crippen LogP contribution in [0.25, 0.3) is 10.9 Å². The fraction of sp³-hybridized carbons (Fsp3) is 0.467. The van der Waals surface area contributed by atoms with Gasteiger partial charge in [0.2, 0.25) is 5.88 Å². The first-order chi connectivity index (χ1) is 9.76. The average molecular weight is 273 g/mol. The molecular weight excluding hydrogens is 254 g/mol. The highest BCUT2D eigenvalue weighted by Crippen LogP contribution is 2.28. The van der Waals surface area contributed by atoms with E-state index in [1.165, 1.54) is 0 Å². The topological polar surface area (TPSA) is 70.3 Å². The van der Waals surface area contributed by atoms with Crippen molar-refractivity contribution in [3.8, 4) is 11.9 Å². The molecule has 1 heterocycles. The van der Waals surface area contributed by atoms with Gasteiger partial charge in [0.15, 0.2) is 0 Å². The van der Waals surface area contributed by atoms with E-state index in [0.29, 0.717) is 17.9 Å². The fourth-order valence-electron chi connectivity index (χ4n) is 2.57. The maximum Gasteiger partial charge on any atom is 0.320 e. The van der Waals surface area contributed by atoms with Gasteiger partial charge < -0.3 is 15.2 Å². The summed E-state index contributed by atoms with van der Waals surface area (Å²) in [7, 11) is 1.56. The summed E-state index contributed by atoms with van der Waals surface area (Å²) in [6.07, 6.45) is 4.14. The molecule has 0 unspecified atom stereocenters. The lowest BCUT2D eigenvalue weighted by molar-refractivity contribution is 0.142. The zero-order valence-electron chi connectivity index (χ0n) is 11.6. The van der Waals surface area contributed by atoms with Crippen LogP contribution >= 0.6 is 0 Å². The molecule has 1 aliphatic rings. The Morgan fingerprint density at radius 3 is 2.60 bits per heavy atom. The first-order valence-corrected chi connectivity index (χ1v) is 6.99. The van der Waals surface area contributed by atoms with Gasteiger partial charge in [-0.2, -0.15) is 9.97 Å². The Morgan fingerprint density at radius 2 is 1.85 bits per heavy atom. The molecule has 106 valence electrons. The molecule has 0 amide bonds. The van der Waals surface area contributed by atoms with Crippen molar-refractivity contribution in [1.29, 1.82) is 0 Å². The number of rotatable bonds is 3. The van der Waals surface area contributed by atoms with E-state index >= 15 is 0 Å². The number of nitrogens with two attached hydrogens (primary N) is 1. The maximum atomic E-state index is 6.07. The van der Waals surface area contributed by atoms with E-state index in [4.69, 9.17) is 15.2 Å². The molecule has 1 fully saturated rings. The van der Waals surface area contributed by atoms with Gasteiger partial charge in [-0.05, 0) is 37.8 Å². The molecule has 3 rings (SSSR count). The number of methoxy groups -OCH3 is 1. The number of ether oxygens (including phenoxy) is 2. The lowest BCUT2D eigenvalue weighted by Crippen LogP contribution is -2.31. The monoisotopic (exact) mass is 273 g/mol. The molecule has 2 N–H and O–H groups in total. The zero-order valence-corrected chi connectivity index (χ0v) is 11.6. The second-order valence-electron chi connectivity index (χ2n) is 5.19. The van der Waals surface area contributed by atoms with Crippen molar-refractivity contribution < 1.29 is 9.47 Å². The maximum absolute atomic E-state index is 6.07. The molecule has 5 heteroatoms. The number of nitrogens with zero attached hydrogens (tertiary/aromatic N) is 2. The van der Waals surface area contributed by atoms with E-state index in [9.17, 15) is 0 Å². The van der Waals surface area contributed by atoms with Crippen LogP contribution in [-0.2, 0) is 0 Å². The van der Waals surface area contributed by atoms with Gasteiger partial charge >= 0.3 is 6.01 Å². The summed E-state index contributed by atoms with van der Waals surface area (Å²) < 4.78 is 11.2. The lowest BCUT2D eigenvalue weighted by atomic mass is 9.94. The van der Waals surface area contributed by atoms with Gasteiger partial charge in [-0.3, -0.25) is 0 Å². The highest BCUT2D eigenvalue weighted by atomic mass is 16.5. The fourth-order valence-corrected chi connectivity index (χ4v) is 2.57. The molecule has 2 aromatic rings. The predicted molar refractivity (Wildman–Crippen MR) is 76.9 cm³/mol. The molecule has 0 spiro atoms. The van der Waals surface area contributed by atoms with Gasteiger partial charge in [0.25, 0.3) is 0 Å². The van der Waals surface area contributed by atoms with E-state index < -0.39 is 0 Å². The molecule has 0 radical (unpaired) electrons. The molecule has 1 aliphatic carbocycles. The van der Waals surface area contributed by atoms with Crippen molar-refractivity contribution in [3.05, 3.63) is 24.3 Å². The van der Waals surface area contributed by atoms with E-state index in [0.717, 1.165) is 36.6 Å². The number of benzene rings is 1. The molecule has 0 atom stereocenters. The van der Waals surface area contributed by atoms with Gasteiger partial charge in [-0.15, -0.1) is 0 Å². The van der Waals surface area contributed by atoms with Crippen molar-refractivity contribution in [2.24, 2.45) is 5.73 Å². The third-order valence-electron chi connectivity index (χ3n) is 3.73. The first kappa shape index (κ1) is 13.1. The zero-order chi connectivity index (χ0) is 13.9. The Kier molecular flexibility index (Phi) is 3.69. The standard InChI is InChI=1S/C15H19N3O2/c1-19-15-17-13-5-3-2-4-12(13)14(18-15)20-11-8-6-10(16)7-9-11/h2-5,10-11H,6-9,16H2,1H3. The number of aromatic nitrogens is 2. The highest BCUT2D eigenvalue weighted by molar-refractivity contribution is 5.83. The van der Waals surface area contributed by atoms with E-state index in [1.807, 2.05) is 24.3 Å². The smallest absolute Gasteiger partial charge is 0.320 e.